The van der Waals surface area contributed by atoms with Gasteiger partial charge in [-0.2, -0.15) is 0 Å². The predicted molar refractivity (Wildman–Crippen MR) is 80.1 cm³/mol. The summed E-state index contributed by atoms with van der Waals surface area (Å²) in [5.41, 5.74) is 6.21. The molecule has 21 heavy (non-hydrogen) atoms. The lowest BCUT2D eigenvalue weighted by molar-refractivity contribution is 0.519. The second-order valence-electron chi connectivity index (χ2n) is 6.34. The SMILES string of the molecule is Nc1cnc2c(c1)c(=O)n(CC1CC1)c(=O)n2CC1CC1. The minimum Gasteiger partial charge on any atom is -0.397 e. The summed E-state index contributed by atoms with van der Waals surface area (Å²) < 4.78 is 3.04. The summed E-state index contributed by atoms with van der Waals surface area (Å²) in [6.07, 6.45) is 5.99. The summed E-state index contributed by atoms with van der Waals surface area (Å²) >= 11 is 0. The van der Waals surface area contributed by atoms with Gasteiger partial charge >= 0.3 is 5.69 Å². The van der Waals surface area contributed by atoms with Crippen molar-refractivity contribution < 1.29 is 0 Å². The molecule has 2 N–H and O–H groups in total. The molecule has 0 saturated heterocycles. The van der Waals surface area contributed by atoms with Gasteiger partial charge in [0.1, 0.15) is 5.65 Å². The largest absolute Gasteiger partial charge is 0.397 e. The van der Waals surface area contributed by atoms with E-state index in [2.05, 4.69) is 4.98 Å². The maximum Gasteiger partial charge on any atom is 0.332 e. The van der Waals surface area contributed by atoms with Crippen molar-refractivity contribution in [1.82, 2.24) is 14.1 Å². The third-order valence-electron chi connectivity index (χ3n) is 4.36. The molecule has 0 unspecified atom stereocenters. The van der Waals surface area contributed by atoms with Gasteiger partial charge in [0.05, 0.1) is 17.3 Å². The van der Waals surface area contributed by atoms with Crippen LogP contribution >= 0.6 is 0 Å². The van der Waals surface area contributed by atoms with Gasteiger partial charge in [-0.1, -0.05) is 0 Å². The Hall–Kier alpha value is -2.11. The standard InChI is InChI=1S/C15H18N4O2/c16-11-5-12-13(17-6-11)18(7-9-1-2-9)15(21)19(14(12)20)8-10-3-4-10/h5-6,9-10H,1-4,7-8,16H2. The van der Waals surface area contributed by atoms with Gasteiger partial charge in [0.25, 0.3) is 5.56 Å². The second kappa shape index (κ2) is 4.44. The van der Waals surface area contributed by atoms with Gasteiger partial charge in [-0.15, -0.1) is 0 Å². The Bertz CT molecular complexity index is 828. The van der Waals surface area contributed by atoms with Crippen LogP contribution in [0.4, 0.5) is 5.69 Å². The maximum atomic E-state index is 12.7. The molecule has 0 amide bonds. The second-order valence-corrected chi connectivity index (χ2v) is 6.34. The van der Waals surface area contributed by atoms with E-state index >= 15 is 0 Å². The van der Waals surface area contributed by atoms with E-state index in [1.165, 1.54) is 10.8 Å². The lowest BCUT2D eigenvalue weighted by atomic mass is 10.3. The fourth-order valence-corrected chi connectivity index (χ4v) is 2.76. The molecule has 0 aromatic carbocycles. The number of hydrogen-bond donors (Lipinski definition) is 1. The molecule has 2 aromatic rings. The number of hydrogen-bond acceptors (Lipinski definition) is 4. The van der Waals surface area contributed by atoms with E-state index in [9.17, 15) is 9.59 Å². The fourth-order valence-electron chi connectivity index (χ4n) is 2.76. The number of fused-ring (bicyclic) bond motifs is 1. The van der Waals surface area contributed by atoms with Crippen molar-refractivity contribution in [2.45, 2.75) is 38.8 Å². The van der Waals surface area contributed by atoms with Gasteiger partial charge in [-0.05, 0) is 43.6 Å². The number of rotatable bonds is 4. The van der Waals surface area contributed by atoms with Gasteiger partial charge in [0, 0.05) is 13.1 Å². The third-order valence-corrected chi connectivity index (χ3v) is 4.36. The van der Waals surface area contributed by atoms with Crippen LogP contribution in [-0.4, -0.2) is 14.1 Å². The first-order valence-corrected chi connectivity index (χ1v) is 7.52. The smallest absolute Gasteiger partial charge is 0.332 e. The van der Waals surface area contributed by atoms with Crippen molar-refractivity contribution in [3.8, 4) is 0 Å². The van der Waals surface area contributed by atoms with E-state index in [0.29, 0.717) is 41.6 Å². The Morgan fingerprint density at radius 2 is 1.71 bits per heavy atom. The molecule has 2 saturated carbocycles. The zero-order chi connectivity index (χ0) is 14.6. The molecular weight excluding hydrogens is 268 g/mol. The number of aromatic nitrogens is 3. The van der Waals surface area contributed by atoms with Gasteiger partial charge in [-0.3, -0.25) is 13.9 Å². The Kier molecular flexibility index (Phi) is 2.67. The van der Waals surface area contributed by atoms with Crippen LogP contribution in [0.15, 0.2) is 21.9 Å². The van der Waals surface area contributed by atoms with Crippen molar-refractivity contribution in [2.24, 2.45) is 11.8 Å². The van der Waals surface area contributed by atoms with Crippen LogP contribution in [0.3, 0.4) is 0 Å². The summed E-state index contributed by atoms with van der Waals surface area (Å²) in [6, 6.07) is 1.64. The average molecular weight is 286 g/mol. The molecule has 2 aliphatic rings. The predicted octanol–water partition coefficient (Wildman–Crippen LogP) is 0.960. The van der Waals surface area contributed by atoms with Crippen molar-refractivity contribution in [2.75, 3.05) is 5.73 Å². The Labute approximate surface area is 121 Å². The number of nitrogens with zero attached hydrogens (tertiary/aromatic N) is 3. The molecule has 0 radical (unpaired) electrons. The highest BCUT2D eigenvalue weighted by molar-refractivity contribution is 5.77. The number of nitrogens with two attached hydrogens (primary N) is 1. The molecule has 0 bridgehead atoms. The van der Waals surface area contributed by atoms with Crippen LogP contribution in [0.25, 0.3) is 11.0 Å². The first kappa shape index (κ1) is 12.6. The lowest BCUT2D eigenvalue weighted by Crippen LogP contribution is -2.41. The Morgan fingerprint density at radius 1 is 1.10 bits per heavy atom. The van der Waals surface area contributed by atoms with Gasteiger partial charge < -0.3 is 5.73 Å². The van der Waals surface area contributed by atoms with E-state index in [1.54, 1.807) is 10.6 Å². The normalized spacial score (nSPS) is 18.3. The molecule has 0 spiro atoms. The highest BCUT2D eigenvalue weighted by atomic mass is 16.2. The summed E-state index contributed by atoms with van der Waals surface area (Å²) in [4.78, 5) is 29.5. The summed E-state index contributed by atoms with van der Waals surface area (Å²) in [6.45, 7) is 1.17. The first-order chi connectivity index (χ1) is 10.1. The van der Waals surface area contributed by atoms with Crippen molar-refractivity contribution in [3.05, 3.63) is 33.1 Å². The van der Waals surface area contributed by atoms with E-state index in [-0.39, 0.29) is 11.2 Å². The summed E-state index contributed by atoms with van der Waals surface area (Å²) in [5, 5.41) is 0.455. The molecule has 110 valence electrons. The molecule has 2 fully saturated rings. The van der Waals surface area contributed by atoms with Crippen LogP contribution in [0.2, 0.25) is 0 Å². The van der Waals surface area contributed by atoms with Crippen LogP contribution in [0.5, 0.6) is 0 Å². The fraction of sp³-hybridized carbons (Fsp3) is 0.533. The molecule has 6 nitrogen and oxygen atoms in total. The third kappa shape index (κ3) is 2.24. The van der Waals surface area contributed by atoms with Crippen LogP contribution in [0.1, 0.15) is 25.7 Å². The zero-order valence-corrected chi connectivity index (χ0v) is 11.8. The Balaban J connectivity index is 1.97. The minimum atomic E-state index is -0.256. The van der Waals surface area contributed by atoms with Gasteiger partial charge in [0.2, 0.25) is 0 Å². The van der Waals surface area contributed by atoms with E-state index in [1.807, 2.05) is 0 Å². The number of anilines is 1. The lowest BCUT2D eigenvalue weighted by Gasteiger charge is -2.13. The number of nitrogen functional groups attached to an aromatic ring is 1. The summed E-state index contributed by atoms with van der Waals surface area (Å²) in [5.74, 6) is 1.01. The quantitative estimate of drug-likeness (QED) is 0.907. The molecule has 0 aliphatic heterocycles. The molecule has 4 rings (SSSR count). The topological polar surface area (TPSA) is 82.9 Å². The van der Waals surface area contributed by atoms with E-state index < -0.39 is 0 Å². The van der Waals surface area contributed by atoms with E-state index in [0.717, 1.165) is 25.7 Å². The molecular formula is C15H18N4O2. The Morgan fingerprint density at radius 3 is 2.33 bits per heavy atom. The van der Waals surface area contributed by atoms with Crippen LogP contribution in [0, 0.1) is 11.8 Å². The number of pyridine rings is 1. The monoisotopic (exact) mass is 286 g/mol. The van der Waals surface area contributed by atoms with Crippen molar-refractivity contribution >= 4 is 16.7 Å². The highest BCUT2D eigenvalue weighted by Gasteiger charge is 2.27. The zero-order valence-electron chi connectivity index (χ0n) is 11.8. The average Bonchev–Trinajstić information content (AvgIpc) is 3.34. The summed E-state index contributed by atoms with van der Waals surface area (Å²) in [7, 11) is 0. The van der Waals surface area contributed by atoms with Gasteiger partial charge in [0.15, 0.2) is 0 Å². The van der Waals surface area contributed by atoms with E-state index in [4.69, 9.17) is 5.73 Å². The van der Waals surface area contributed by atoms with Crippen molar-refractivity contribution in [1.29, 1.82) is 0 Å². The van der Waals surface area contributed by atoms with Crippen molar-refractivity contribution in [3.63, 3.8) is 0 Å². The molecule has 2 heterocycles. The van der Waals surface area contributed by atoms with Crippen LogP contribution < -0.4 is 17.0 Å². The minimum absolute atomic E-state index is 0.219. The molecule has 2 aliphatic carbocycles. The highest BCUT2D eigenvalue weighted by Crippen LogP contribution is 2.31. The first-order valence-electron chi connectivity index (χ1n) is 7.52. The molecule has 2 aromatic heterocycles. The molecule has 0 atom stereocenters. The van der Waals surface area contributed by atoms with Crippen LogP contribution in [-0.2, 0) is 13.1 Å². The molecule has 6 heteroatoms. The maximum absolute atomic E-state index is 12.7. The van der Waals surface area contributed by atoms with Gasteiger partial charge in [-0.25, -0.2) is 9.78 Å².